The molecule has 0 aromatic heterocycles. The number of primary amides is 1. The van der Waals surface area contributed by atoms with E-state index in [1.54, 1.807) is 0 Å². The fraction of sp³-hybridized carbons (Fsp3) is 0.286. The number of carbonyl (C=O) groups is 3. The van der Waals surface area contributed by atoms with Crippen LogP contribution in [0, 0.1) is 0 Å². The van der Waals surface area contributed by atoms with Crippen molar-refractivity contribution in [3.63, 3.8) is 0 Å². The summed E-state index contributed by atoms with van der Waals surface area (Å²) in [5.41, 5.74) is 6.04. The van der Waals surface area contributed by atoms with Gasteiger partial charge in [-0.3, -0.25) is 9.59 Å². The molecule has 0 fully saturated rings. The molecule has 5 nitrogen and oxygen atoms in total. The summed E-state index contributed by atoms with van der Waals surface area (Å²) in [6.07, 6.45) is 0.372. The zero-order valence-electron chi connectivity index (χ0n) is 15.1. The largest absolute Gasteiger partial charge is 0.368 e. The molecule has 2 rings (SSSR count). The Balaban J connectivity index is 2.38. The lowest BCUT2D eigenvalue weighted by atomic mass is 9.75. The Hall–Kier alpha value is -2.95. The van der Waals surface area contributed by atoms with E-state index in [0.717, 1.165) is 11.1 Å². The minimum atomic E-state index is -0.994. The zero-order valence-corrected chi connectivity index (χ0v) is 15.1. The maximum absolute atomic E-state index is 13.2. The van der Waals surface area contributed by atoms with Crippen molar-refractivity contribution in [2.75, 3.05) is 0 Å². The molecule has 0 spiro atoms. The second-order valence-corrected chi connectivity index (χ2v) is 6.53. The van der Waals surface area contributed by atoms with Crippen LogP contribution in [0.25, 0.3) is 0 Å². The predicted octanol–water partition coefficient (Wildman–Crippen LogP) is 2.33. The number of rotatable bonds is 8. The molecule has 0 saturated heterocycles. The average molecular weight is 352 g/mol. The summed E-state index contributed by atoms with van der Waals surface area (Å²) in [6.45, 7) is 3.26. The summed E-state index contributed by atoms with van der Waals surface area (Å²) >= 11 is 0. The monoisotopic (exact) mass is 352 g/mol. The Morgan fingerprint density at radius 3 is 1.81 bits per heavy atom. The van der Waals surface area contributed by atoms with E-state index in [9.17, 15) is 14.4 Å². The van der Waals surface area contributed by atoms with Gasteiger partial charge in [-0.05, 0) is 31.4 Å². The number of Topliss-reactive ketones (excluding diaryl/α,β-unsaturated/α-hetero) is 1. The molecule has 0 radical (unpaired) electrons. The van der Waals surface area contributed by atoms with Crippen molar-refractivity contribution in [2.45, 2.75) is 38.1 Å². The van der Waals surface area contributed by atoms with Crippen LogP contribution in [0.1, 0.15) is 37.8 Å². The van der Waals surface area contributed by atoms with Crippen LogP contribution in [0.2, 0.25) is 0 Å². The summed E-state index contributed by atoms with van der Waals surface area (Å²) in [5, 5.41) is 2.74. The molecule has 0 bridgehead atoms. The fourth-order valence-corrected chi connectivity index (χ4v) is 2.91. The Morgan fingerprint density at radius 2 is 1.42 bits per heavy atom. The Bertz CT molecular complexity index is 733. The van der Waals surface area contributed by atoms with Gasteiger partial charge in [-0.2, -0.15) is 0 Å². The third-order valence-corrected chi connectivity index (χ3v) is 4.59. The lowest BCUT2D eigenvalue weighted by Crippen LogP contribution is -2.51. The number of nitrogens with one attached hydrogen (secondary N) is 1. The summed E-state index contributed by atoms with van der Waals surface area (Å²) < 4.78 is 0. The summed E-state index contributed by atoms with van der Waals surface area (Å²) in [5.74, 6) is -1.04. The SMILES string of the molecule is CC(=O)CC[C@@H](NC(=O)C(C)(c1ccccc1)c1ccccc1)C(N)=O. The third-order valence-electron chi connectivity index (χ3n) is 4.59. The normalized spacial score (nSPS) is 12.2. The molecular weight excluding hydrogens is 328 g/mol. The fourth-order valence-electron chi connectivity index (χ4n) is 2.91. The van der Waals surface area contributed by atoms with Gasteiger partial charge in [0.2, 0.25) is 11.8 Å². The smallest absolute Gasteiger partial charge is 0.240 e. The molecule has 3 N–H and O–H groups in total. The van der Waals surface area contributed by atoms with Gasteiger partial charge in [0, 0.05) is 6.42 Å². The molecule has 136 valence electrons. The van der Waals surface area contributed by atoms with Crippen LogP contribution in [0.4, 0.5) is 0 Å². The molecule has 5 heteroatoms. The number of benzene rings is 2. The van der Waals surface area contributed by atoms with Gasteiger partial charge in [-0.1, -0.05) is 60.7 Å². The predicted molar refractivity (Wildman–Crippen MR) is 100 cm³/mol. The highest BCUT2D eigenvalue weighted by atomic mass is 16.2. The van der Waals surface area contributed by atoms with Crippen LogP contribution in [0.15, 0.2) is 60.7 Å². The molecule has 1 atom stereocenters. The molecule has 2 aromatic carbocycles. The van der Waals surface area contributed by atoms with E-state index < -0.39 is 17.4 Å². The van der Waals surface area contributed by atoms with E-state index in [1.807, 2.05) is 67.6 Å². The number of nitrogens with two attached hydrogens (primary N) is 1. The summed E-state index contributed by atoms with van der Waals surface area (Å²) in [7, 11) is 0. The van der Waals surface area contributed by atoms with Crippen LogP contribution in [-0.4, -0.2) is 23.6 Å². The quantitative estimate of drug-likeness (QED) is 0.764. The van der Waals surface area contributed by atoms with Crippen molar-refractivity contribution in [2.24, 2.45) is 5.73 Å². The van der Waals surface area contributed by atoms with Gasteiger partial charge in [0.25, 0.3) is 0 Å². The van der Waals surface area contributed by atoms with Crippen molar-refractivity contribution in [3.05, 3.63) is 71.8 Å². The zero-order chi connectivity index (χ0) is 19.2. The van der Waals surface area contributed by atoms with Crippen molar-refractivity contribution in [1.82, 2.24) is 5.32 Å². The van der Waals surface area contributed by atoms with Crippen molar-refractivity contribution >= 4 is 17.6 Å². The van der Waals surface area contributed by atoms with E-state index in [0.29, 0.717) is 0 Å². The van der Waals surface area contributed by atoms with E-state index in [4.69, 9.17) is 5.73 Å². The van der Waals surface area contributed by atoms with Gasteiger partial charge in [0.05, 0.1) is 5.41 Å². The molecule has 0 aliphatic heterocycles. The van der Waals surface area contributed by atoms with Gasteiger partial charge < -0.3 is 15.8 Å². The molecule has 0 unspecified atom stereocenters. The third kappa shape index (κ3) is 4.36. The average Bonchev–Trinajstić information content (AvgIpc) is 2.65. The van der Waals surface area contributed by atoms with E-state index in [1.165, 1.54) is 6.92 Å². The highest BCUT2D eigenvalue weighted by molar-refractivity contribution is 5.95. The number of hydrogen-bond acceptors (Lipinski definition) is 3. The van der Waals surface area contributed by atoms with Crippen molar-refractivity contribution in [3.8, 4) is 0 Å². The molecule has 0 aliphatic carbocycles. The maximum Gasteiger partial charge on any atom is 0.240 e. The van der Waals surface area contributed by atoms with Crippen LogP contribution in [-0.2, 0) is 19.8 Å². The van der Waals surface area contributed by atoms with Gasteiger partial charge in [0.15, 0.2) is 0 Å². The van der Waals surface area contributed by atoms with Crippen LogP contribution < -0.4 is 11.1 Å². The van der Waals surface area contributed by atoms with E-state index in [-0.39, 0.29) is 24.5 Å². The Labute approximate surface area is 153 Å². The van der Waals surface area contributed by atoms with Crippen LogP contribution in [0.3, 0.4) is 0 Å². The minimum absolute atomic E-state index is 0.0561. The highest BCUT2D eigenvalue weighted by Gasteiger charge is 2.38. The minimum Gasteiger partial charge on any atom is -0.368 e. The molecule has 0 heterocycles. The van der Waals surface area contributed by atoms with Crippen molar-refractivity contribution in [1.29, 1.82) is 0 Å². The van der Waals surface area contributed by atoms with E-state index in [2.05, 4.69) is 5.32 Å². The molecule has 2 aromatic rings. The molecule has 26 heavy (non-hydrogen) atoms. The second-order valence-electron chi connectivity index (χ2n) is 6.53. The highest BCUT2D eigenvalue weighted by Crippen LogP contribution is 2.32. The first-order valence-electron chi connectivity index (χ1n) is 8.56. The van der Waals surface area contributed by atoms with Crippen LogP contribution in [0.5, 0.6) is 0 Å². The van der Waals surface area contributed by atoms with Crippen LogP contribution >= 0.6 is 0 Å². The first-order chi connectivity index (χ1) is 12.4. The number of ketones is 1. The first-order valence-corrected chi connectivity index (χ1v) is 8.56. The lowest BCUT2D eigenvalue weighted by Gasteiger charge is -2.31. The first kappa shape index (κ1) is 19.4. The van der Waals surface area contributed by atoms with Gasteiger partial charge in [-0.25, -0.2) is 0 Å². The van der Waals surface area contributed by atoms with Gasteiger partial charge in [0.1, 0.15) is 11.8 Å². The summed E-state index contributed by atoms with van der Waals surface area (Å²) in [6, 6.07) is 17.8. The number of hydrogen-bond donors (Lipinski definition) is 2. The summed E-state index contributed by atoms with van der Waals surface area (Å²) in [4.78, 5) is 36.2. The standard InChI is InChI=1S/C21H24N2O3/c1-15(24)13-14-18(19(22)25)23-20(26)21(2,16-9-5-3-6-10-16)17-11-7-4-8-12-17/h3-12,18H,13-14H2,1-2H3,(H2,22,25)(H,23,26)/t18-/m1/s1. The number of carbonyl (C=O) groups excluding carboxylic acids is 3. The topological polar surface area (TPSA) is 89.3 Å². The Morgan fingerprint density at radius 1 is 0.962 bits per heavy atom. The van der Waals surface area contributed by atoms with E-state index >= 15 is 0 Å². The number of amides is 2. The Kier molecular flexibility index (Phi) is 6.28. The lowest BCUT2D eigenvalue weighted by molar-refractivity contribution is -0.130. The second kappa shape index (κ2) is 8.43. The van der Waals surface area contributed by atoms with Gasteiger partial charge >= 0.3 is 0 Å². The van der Waals surface area contributed by atoms with Crippen molar-refractivity contribution < 1.29 is 14.4 Å². The maximum atomic E-state index is 13.2. The molecule has 0 aliphatic rings. The van der Waals surface area contributed by atoms with Gasteiger partial charge in [-0.15, -0.1) is 0 Å². The molecular formula is C21H24N2O3. The molecule has 2 amide bonds. The molecule has 0 saturated carbocycles.